The van der Waals surface area contributed by atoms with Crippen LogP contribution >= 0.6 is 0 Å². The molecular weight excluding hydrogens is 348 g/mol. The Kier molecular flexibility index (Phi) is 4.63. The van der Waals surface area contributed by atoms with Crippen LogP contribution in [0.2, 0.25) is 0 Å². The van der Waals surface area contributed by atoms with Crippen LogP contribution in [-0.2, 0) is 16.1 Å². The zero-order chi connectivity index (χ0) is 18.9. The van der Waals surface area contributed by atoms with Gasteiger partial charge in [-0.05, 0) is 5.56 Å². The van der Waals surface area contributed by atoms with Gasteiger partial charge in [0.15, 0.2) is 0 Å². The van der Waals surface area contributed by atoms with Crippen LogP contribution < -0.4 is 10.6 Å². The molecule has 27 heavy (non-hydrogen) atoms. The third-order valence-electron chi connectivity index (χ3n) is 5.58. The van der Waals surface area contributed by atoms with Crippen LogP contribution in [0.25, 0.3) is 0 Å². The van der Waals surface area contributed by atoms with E-state index in [1.165, 1.54) is 0 Å². The molecule has 0 aromatic heterocycles. The molecule has 3 heterocycles. The molecule has 1 aromatic carbocycles. The van der Waals surface area contributed by atoms with Gasteiger partial charge < -0.3 is 25.2 Å². The zero-order valence-electron chi connectivity index (χ0n) is 15.1. The van der Waals surface area contributed by atoms with Gasteiger partial charge in [0.25, 0.3) is 0 Å². The smallest absolute Gasteiger partial charge is 0.407 e. The second-order valence-electron chi connectivity index (χ2n) is 7.52. The lowest BCUT2D eigenvalue weighted by atomic mass is 9.92. The number of alkyl carbamates (subject to hydrolysis) is 1. The fourth-order valence-electron chi connectivity index (χ4n) is 3.99. The van der Waals surface area contributed by atoms with E-state index < -0.39 is 5.60 Å². The predicted octanol–water partition coefficient (Wildman–Crippen LogP) is 1.07. The largest absolute Gasteiger partial charge is 0.441 e. The molecule has 3 aliphatic heterocycles. The van der Waals surface area contributed by atoms with Gasteiger partial charge in [0.1, 0.15) is 5.60 Å². The zero-order valence-corrected chi connectivity index (χ0v) is 15.1. The van der Waals surface area contributed by atoms with E-state index in [0.717, 1.165) is 5.56 Å². The summed E-state index contributed by atoms with van der Waals surface area (Å²) in [5.41, 5.74) is 0.614. The number of carbonyl (C=O) groups is 3. The van der Waals surface area contributed by atoms with Crippen LogP contribution in [0, 0.1) is 0 Å². The minimum Gasteiger partial charge on any atom is -0.441 e. The minimum atomic E-state index is -0.469. The normalized spacial score (nSPS) is 24.1. The van der Waals surface area contributed by atoms with Gasteiger partial charge in [0.05, 0.1) is 12.6 Å². The molecule has 3 fully saturated rings. The highest BCUT2D eigenvalue weighted by molar-refractivity contribution is 5.81. The quantitative estimate of drug-likeness (QED) is 0.830. The number of benzene rings is 1. The number of nitrogens with zero attached hydrogens (tertiary/aromatic N) is 2. The first-order valence-electron chi connectivity index (χ1n) is 9.37. The van der Waals surface area contributed by atoms with E-state index in [1.54, 1.807) is 9.80 Å². The topological polar surface area (TPSA) is 91.0 Å². The molecule has 0 unspecified atom stereocenters. The molecule has 4 amide bonds. The molecule has 1 aromatic rings. The Hall–Kier alpha value is -2.77. The summed E-state index contributed by atoms with van der Waals surface area (Å²) in [5.74, 6) is 0.0608. The van der Waals surface area contributed by atoms with Crippen LogP contribution in [0.1, 0.15) is 24.8 Å². The SMILES string of the molecule is O=C1NCC2(CCN(C(=O)N[C@@H]3CC(=O)N(Cc4ccccc4)C3)CC2)O1. The monoisotopic (exact) mass is 372 g/mol. The Morgan fingerprint density at radius 1 is 1.22 bits per heavy atom. The summed E-state index contributed by atoms with van der Waals surface area (Å²) in [6.07, 6.45) is 1.21. The van der Waals surface area contributed by atoms with Crippen LogP contribution in [0.15, 0.2) is 30.3 Å². The van der Waals surface area contributed by atoms with Crippen molar-refractivity contribution in [2.45, 2.75) is 37.5 Å². The Balaban J connectivity index is 1.27. The summed E-state index contributed by atoms with van der Waals surface area (Å²) >= 11 is 0. The van der Waals surface area contributed by atoms with Gasteiger partial charge in [0.2, 0.25) is 5.91 Å². The predicted molar refractivity (Wildman–Crippen MR) is 96.8 cm³/mol. The number of piperidine rings is 1. The van der Waals surface area contributed by atoms with Crippen molar-refractivity contribution < 1.29 is 19.1 Å². The second kappa shape index (κ2) is 7.09. The number of rotatable bonds is 3. The maximum Gasteiger partial charge on any atom is 0.407 e. The number of hydrogen-bond acceptors (Lipinski definition) is 4. The molecular formula is C19H24N4O4. The molecule has 8 nitrogen and oxygen atoms in total. The maximum atomic E-state index is 12.6. The van der Waals surface area contributed by atoms with E-state index in [4.69, 9.17) is 4.74 Å². The summed E-state index contributed by atoms with van der Waals surface area (Å²) in [6.45, 7) is 2.67. The van der Waals surface area contributed by atoms with E-state index in [2.05, 4.69) is 10.6 Å². The van der Waals surface area contributed by atoms with Crippen LogP contribution in [0.4, 0.5) is 9.59 Å². The van der Waals surface area contributed by atoms with Crippen LogP contribution in [-0.4, -0.2) is 65.7 Å². The standard InChI is InChI=1S/C19H24N4O4/c24-16-10-15(12-23(16)11-14-4-2-1-3-5-14)21-17(25)22-8-6-19(7-9-22)13-20-18(26)27-19/h1-5,15H,6-13H2,(H,20,26)(H,21,25)/t15-/m1/s1. The van der Waals surface area contributed by atoms with Crippen molar-refractivity contribution in [2.24, 2.45) is 0 Å². The fourth-order valence-corrected chi connectivity index (χ4v) is 3.99. The van der Waals surface area contributed by atoms with Gasteiger partial charge in [-0.25, -0.2) is 9.59 Å². The first kappa shape index (κ1) is 17.6. The Morgan fingerprint density at radius 3 is 2.63 bits per heavy atom. The highest BCUT2D eigenvalue weighted by Gasteiger charge is 2.44. The molecule has 1 spiro atoms. The minimum absolute atomic E-state index is 0.0608. The molecule has 3 aliphatic rings. The van der Waals surface area contributed by atoms with Crippen molar-refractivity contribution in [3.05, 3.63) is 35.9 Å². The molecule has 0 radical (unpaired) electrons. The molecule has 1 atom stereocenters. The summed E-state index contributed by atoms with van der Waals surface area (Å²) in [4.78, 5) is 39.6. The summed E-state index contributed by atoms with van der Waals surface area (Å²) in [7, 11) is 0. The van der Waals surface area contributed by atoms with Gasteiger partial charge in [-0.1, -0.05) is 30.3 Å². The van der Waals surface area contributed by atoms with Crippen LogP contribution in [0.5, 0.6) is 0 Å². The summed E-state index contributed by atoms with van der Waals surface area (Å²) in [6, 6.07) is 9.52. The maximum absolute atomic E-state index is 12.6. The van der Waals surface area contributed by atoms with E-state index >= 15 is 0 Å². The average Bonchev–Trinajstić information content (AvgIpc) is 3.19. The number of carbonyl (C=O) groups excluding carboxylic acids is 3. The highest BCUT2D eigenvalue weighted by Crippen LogP contribution is 2.29. The van der Waals surface area contributed by atoms with Crippen molar-refractivity contribution in [3.8, 4) is 0 Å². The van der Waals surface area contributed by atoms with E-state index in [9.17, 15) is 14.4 Å². The highest BCUT2D eigenvalue weighted by atomic mass is 16.6. The lowest BCUT2D eigenvalue weighted by Crippen LogP contribution is -2.53. The molecule has 3 saturated heterocycles. The molecule has 0 aliphatic carbocycles. The Bertz CT molecular complexity index is 730. The van der Waals surface area contributed by atoms with Crippen molar-refractivity contribution in [1.29, 1.82) is 0 Å². The van der Waals surface area contributed by atoms with Gasteiger partial charge in [-0.2, -0.15) is 0 Å². The van der Waals surface area contributed by atoms with Gasteiger partial charge in [-0.3, -0.25) is 4.79 Å². The van der Waals surface area contributed by atoms with E-state index in [0.29, 0.717) is 52.0 Å². The molecule has 144 valence electrons. The average molecular weight is 372 g/mol. The van der Waals surface area contributed by atoms with Gasteiger partial charge >= 0.3 is 12.1 Å². The number of ether oxygens (including phenoxy) is 1. The van der Waals surface area contributed by atoms with Crippen LogP contribution in [0.3, 0.4) is 0 Å². The second-order valence-corrected chi connectivity index (χ2v) is 7.52. The lowest BCUT2D eigenvalue weighted by Gasteiger charge is -2.37. The van der Waals surface area contributed by atoms with Crippen molar-refractivity contribution >= 4 is 18.0 Å². The lowest BCUT2D eigenvalue weighted by molar-refractivity contribution is -0.128. The number of hydrogen-bond donors (Lipinski definition) is 2. The third-order valence-corrected chi connectivity index (χ3v) is 5.58. The molecule has 4 rings (SSSR count). The first-order chi connectivity index (χ1) is 13.0. The number of urea groups is 1. The molecule has 2 N–H and O–H groups in total. The van der Waals surface area contributed by atoms with Gasteiger partial charge in [-0.15, -0.1) is 0 Å². The number of likely N-dealkylation sites (tertiary alicyclic amines) is 2. The van der Waals surface area contributed by atoms with E-state index in [1.807, 2.05) is 30.3 Å². The van der Waals surface area contributed by atoms with E-state index in [-0.39, 0.29) is 24.1 Å². The summed E-state index contributed by atoms with van der Waals surface area (Å²) < 4.78 is 5.38. The van der Waals surface area contributed by atoms with Crippen molar-refractivity contribution in [1.82, 2.24) is 20.4 Å². The van der Waals surface area contributed by atoms with Gasteiger partial charge in [0, 0.05) is 45.4 Å². The fraction of sp³-hybridized carbons (Fsp3) is 0.526. The molecule has 0 bridgehead atoms. The Morgan fingerprint density at radius 2 is 1.96 bits per heavy atom. The first-order valence-corrected chi connectivity index (χ1v) is 9.37. The third kappa shape index (κ3) is 3.84. The number of amides is 4. The Labute approximate surface area is 157 Å². The van der Waals surface area contributed by atoms with Crippen molar-refractivity contribution in [2.75, 3.05) is 26.2 Å². The number of nitrogens with one attached hydrogen (secondary N) is 2. The summed E-state index contributed by atoms with van der Waals surface area (Å²) in [5, 5.41) is 5.67. The van der Waals surface area contributed by atoms with Crippen molar-refractivity contribution in [3.63, 3.8) is 0 Å². The molecule has 8 heteroatoms. The molecule has 0 saturated carbocycles.